The van der Waals surface area contributed by atoms with Gasteiger partial charge in [0.1, 0.15) is 11.4 Å². The zero-order valence-electron chi connectivity index (χ0n) is 30.6. The second kappa shape index (κ2) is 16.6. The highest BCUT2D eigenvalue weighted by molar-refractivity contribution is 5.72. The first-order valence-corrected chi connectivity index (χ1v) is 18.1. The summed E-state index contributed by atoms with van der Waals surface area (Å²) < 4.78 is 5.48. The van der Waals surface area contributed by atoms with Gasteiger partial charge in [-0.05, 0) is 82.0 Å². The lowest BCUT2D eigenvalue weighted by molar-refractivity contribution is -0.156. The van der Waals surface area contributed by atoms with Crippen molar-refractivity contribution in [3.05, 3.63) is 95.8 Å². The molecule has 2 aliphatic rings. The van der Waals surface area contributed by atoms with Crippen molar-refractivity contribution in [1.29, 1.82) is 0 Å². The van der Waals surface area contributed by atoms with Gasteiger partial charge in [-0.1, -0.05) is 36.4 Å². The van der Waals surface area contributed by atoms with Crippen LogP contribution in [-0.2, 0) is 20.9 Å². The standard InChI is InChI=1S/C40H50N8O4/c1-29-9-5-6-13-34(29)38(51)47(28-49)26-33-12-8-18-48(33)36-15-14-31(24-42-36)35-16-17-41-39(44-35)43-32-11-7-10-30(23-32)25-45-19-21-46(22-20-45)27-37(50)52-40(2,3)4/h5-7,9-11,13-17,23-24,28,33,38,51H,8,12,18-22,25-27H2,1-4H3,(H,41,43,44). The molecule has 274 valence electrons. The number of piperazine rings is 1. The largest absolute Gasteiger partial charge is 0.459 e. The highest BCUT2D eigenvalue weighted by Gasteiger charge is 2.30. The average Bonchev–Trinajstić information content (AvgIpc) is 3.59. The summed E-state index contributed by atoms with van der Waals surface area (Å²) in [4.78, 5) is 46.6. The van der Waals surface area contributed by atoms with Crippen LogP contribution in [0.4, 0.5) is 17.5 Å². The van der Waals surface area contributed by atoms with Crippen molar-refractivity contribution < 1.29 is 19.4 Å². The maximum absolute atomic E-state index is 12.2. The van der Waals surface area contributed by atoms with E-state index >= 15 is 0 Å². The fourth-order valence-corrected chi connectivity index (χ4v) is 6.91. The molecule has 4 aromatic rings. The summed E-state index contributed by atoms with van der Waals surface area (Å²) in [5.74, 6) is 1.15. The van der Waals surface area contributed by atoms with Crippen molar-refractivity contribution in [2.75, 3.05) is 56.0 Å². The topological polar surface area (TPSA) is 127 Å². The molecule has 0 radical (unpaired) electrons. The van der Waals surface area contributed by atoms with E-state index in [2.05, 4.69) is 37.1 Å². The summed E-state index contributed by atoms with van der Waals surface area (Å²) in [7, 11) is 0. The highest BCUT2D eigenvalue weighted by atomic mass is 16.6. The van der Waals surface area contributed by atoms with E-state index in [9.17, 15) is 14.7 Å². The number of aryl methyl sites for hydroxylation is 1. The van der Waals surface area contributed by atoms with E-state index in [1.54, 1.807) is 6.20 Å². The zero-order valence-corrected chi connectivity index (χ0v) is 30.6. The van der Waals surface area contributed by atoms with Crippen LogP contribution in [0.2, 0.25) is 0 Å². The van der Waals surface area contributed by atoms with Gasteiger partial charge in [0.2, 0.25) is 12.4 Å². The van der Waals surface area contributed by atoms with Crippen molar-refractivity contribution >= 4 is 29.8 Å². The number of hydrogen-bond donors (Lipinski definition) is 2. The van der Waals surface area contributed by atoms with Crippen LogP contribution in [0.1, 0.15) is 56.5 Å². The third-order valence-corrected chi connectivity index (χ3v) is 9.54. The highest BCUT2D eigenvalue weighted by Crippen LogP contribution is 2.29. The lowest BCUT2D eigenvalue weighted by Crippen LogP contribution is -2.48. The van der Waals surface area contributed by atoms with Gasteiger partial charge in [-0.2, -0.15) is 0 Å². The van der Waals surface area contributed by atoms with E-state index in [4.69, 9.17) is 14.7 Å². The number of carbonyl (C=O) groups is 2. The summed E-state index contributed by atoms with van der Waals surface area (Å²) in [5, 5.41) is 14.4. The fourth-order valence-electron chi connectivity index (χ4n) is 6.91. The maximum Gasteiger partial charge on any atom is 0.320 e. The van der Waals surface area contributed by atoms with E-state index < -0.39 is 11.8 Å². The number of amides is 1. The Morgan fingerprint density at radius 2 is 1.81 bits per heavy atom. The molecule has 2 atom stereocenters. The minimum absolute atomic E-state index is 0.0431. The number of ether oxygens (including phenoxy) is 1. The summed E-state index contributed by atoms with van der Waals surface area (Å²) >= 11 is 0. The number of nitrogens with one attached hydrogen (secondary N) is 1. The molecule has 0 bridgehead atoms. The van der Waals surface area contributed by atoms with Gasteiger partial charge in [0.15, 0.2) is 6.23 Å². The minimum Gasteiger partial charge on any atom is -0.459 e. The number of pyridine rings is 1. The summed E-state index contributed by atoms with van der Waals surface area (Å²) in [6.07, 6.45) is 5.19. The van der Waals surface area contributed by atoms with Crippen LogP contribution < -0.4 is 10.2 Å². The molecule has 2 saturated heterocycles. The number of aromatic nitrogens is 3. The predicted octanol–water partition coefficient (Wildman–Crippen LogP) is 5.17. The Hall–Kier alpha value is -4.91. The molecule has 2 unspecified atom stereocenters. The quantitative estimate of drug-likeness (QED) is 0.109. The first-order chi connectivity index (χ1) is 25.0. The average molecular weight is 707 g/mol. The van der Waals surface area contributed by atoms with Crippen LogP contribution >= 0.6 is 0 Å². The molecule has 12 nitrogen and oxygen atoms in total. The molecule has 4 heterocycles. The number of aliphatic hydroxyl groups excluding tert-OH is 1. The zero-order chi connectivity index (χ0) is 36.7. The van der Waals surface area contributed by atoms with Crippen LogP contribution in [0.25, 0.3) is 11.3 Å². The molecule has 2 aromatic heterocycles. The van der Waals surface area contributed by atoms with Gasteiger partial charge in [-0.25, -0.2) is 15.0 Å². The number of esters is 1. The number of nitrogens with zero attached hydrogens (tertiary/aromatic N) is 7. The Morgan fingerprint density at radius 3 is 2.54 bits per heavy atom. The van der Waals surface area contributed by atoms with Crippen LogP contribution in [0.5, 0.6) is 0 Å². The molecule has 2 fully saturated rings. The van der Waals surface area contributed by atoms with Gasteiger partial charge in [0, 0.05) is 81.1 Å². The van der Waals surface area contributed by atoms with Crippen molar-refractivity contribution in [3.8, 4) is 11.3 Å². The SMILES string of the molecule is Cc1ccccc1C(O)N(C=O)CC1CCCN1c1ccc(-c2ccnc(Nc3cccc(CN4CCN(CC(=O)OC(C)(C)C)CC4)c3)n2)cn1. The molecular formula is C40H50N8O4. The third-order valence-electron chi connectivity index (χ3n) is 9.54. The fraction of sp³-hybridized carbons (Fsp3) is 0.425. The molecule has 2 aromatic carbocycles. The van der Waals surface area contributed by atoms with Crippen LogP contribution in [0, 0.1) is 6.92 Å². The van der Waals surface area contributed by atoms with Crippen molar-refractivity contribution in [2.45, 2.75) is 65.0 Å². The van der Waals surface area contributed by atoms with Crippen molar-refractivity contribution in [1.82, 2.24) is 29.7 Å². The molecule has 2 aliphatic heterocycles. The van der Waals surface area contributed by atoms with Crippen LogP contribution in [-0.4, -0.2) is 105 Å². The number of rotatable bonds is 13. The number of aliphatic hydroxyl groups is 1. The molecular weight excluding hydrogens is 656 g/mol. The monoisotopic (exact) mass is 706 g/mol. The Morgan fingerprint density at radius 1 is 1.02 bits per heavy atom. The summed E-state index contributed by atoms with van der Waals surface area (Å²) in [5.41, 5.74) is 4.92. The summed E-state index contributed by atoms with van der Waals surface area (Å²) in [6.45, 7) is 13.4. The van der Waals surface area contributed by atoms with Gasteiger partial charge >= 0.3 is 5.97 Å². The number of benzene rings is 2. The van der Waals surface area contributed by atoms with E-state index in [1.165, 1.54) is 10.5 Å². The molecule has 6 rings (SSSR count). The Labute approximate surface area is 306 Å². The maximum atomic E-state index is 12.2. The first-order valence-electron chi connectivity index (χ1n) is 18.1. The van der Waals surface area contributed by atoms with Gasteiger partial charge in [-0.3, -0.25) is 19.4 Å². The summed E-state index contributed by atoms with van der Waals surface area (Å²) in [6, 6.07) is 21.8. The van der Waals surface area contributed by atoms with E-state index in [0.717, 1.165) is 92.4 Å². The second-order valence-corrected chi connectivity index (χ2v) is 14.7. The Bertz CT molecular complexity index is 1810. The number of carbonyl (C=O) groups excluding carboxylic acids is 2. The molecule has 0 aliphatic carbocycles. The first kappa shape index (κ1) is 36.9. The van der Waals surface area contributed by atoms with Crippen LogP contribution in [0.15, 0.2) is 79.1 Å². The smallest absolute Gasteiger partial charge is 0.320 e. The lowest BCUT2D eigenvalue weighted by Gasteiger charge is -2.34. The number of hydrogen-bond acceptors (Lipinski definition) is 11. The van der Waals surface area contributed by atoms with Gasteiger partial charge in [0.25, 0.3) is 0 Å². The molecule has 52 heavy (non-hydrogen) atoms. The Kier molecular flexibility index (Phi) is 11.8. The van der Waals surface area contributed by atoms with Gasteiger partial charge in [0.05, 0.1) is 12.2 Å². The second-order valence-electron chi connectivity index (χ2n) is 14.7. The normalized spacial score (nSPS) is 17.5. The van der Waals surface area contributed by atoms with E-state index in [1.807, 2.05) is 88.5 Å². The predicted molar refractivity (Wildman–Crippen MR) is 202 cm³/mol. The van der Waals surface area contributed by atoms with Gasteiger partial charge in [-0.15, -0.1) is 0 Å². The van der Waals surface area contributed by atoms with E-state index in [0.29, 0.717) is 19.0 Å². The van der Waals surface area contributed by atoms with Crippen molar-refractivity contribution in [3.63, 3.8) is 0 Å². The van der Waals surface area contributed by atoms with Crippen LogP contribution in [0.3, 0.4) is 0 Å². The third kappa shape index (κ3) is 9.69. The van der Waals surface area contributed by atoms with Gasteiger partial charge < -0.3 is 25.0 Å². The number of anilines is 3. The van der Waals surface area contributed by atoms with E-state index in [-0.39, 0.29) is 12.0 Å². The van der Waals surface area contributed by atoms with Crippen molar-refractivity contribution in [2.24, 2.45) is 0 Å². The lowest BCUT2D eigenvalue weighted by atomic mass is 10.1. The molecule has 1 amide bonds. The molecule has 2 N–H and O–H groups in total. The minimum atomic E-state index is -1.00. The molecule has 0 saturated carbocycles. The Balaban J connectivity index is 1.04. The molecule has 12 heteroatoms. The molecule has 0 spiro atoms.